The lowest BCUT2D eigenvalue weighted by atomic mass is 10.3. The molecule has 0 aliphatic rings. The number of nitrogens with one attached hydrogen (secondary N) is 1. The standard InChI is InChI=1S/C14H16N2O4/c1-18-10-2-4-11(5-3-10)19-9-8-16-14(17)12-6-7-13(15)20-12/h2-7H,8-9,15H2,1H3,(H,16,17). The van der Waals surface area contributed by atoms with Crippen molar-refractivity contribution in [2.45, 2.75) is 0 Å². The van der Waals surface area contributed by atoms with E-state index in [9.17, 15) is 4.79 Å². The van der Waals surface area contributed by atoms with Gasteiger partial charge in [0.05, 0.1) is 13.7 Å². The Bertz CT molecular complexity index is 563. The molecule has 0 atom stereocenters. The monoisotopic (exact) mass is 276 g/mol. The van der Waals surface area contributed by atoms with Gasteiger partial charge < -0.3 is 24.9 Å². The molecular weight excluding hydrogens is 260 g/mol. The van der Waals surface area contributed by atoms with Crippen LogP contribution >= 0.6 is 0 Å². The number of carbonyl (C=O) groups is 1. The smallest absolute Gasteiger partial charge is 0.287 e. The van der Waals surface area contributed by atoms with Gasteiger partial charge >= 0.3 is 0 Å². The highest BCUT2D eigenvalue weighted by molar-refractivity contribution is 5.91. The molecule has 0 unspecified atom stereocenters. The molecule has 1 aromatic heterocycles. The van der Waals surface area contributed by atoms with Crippen molar-refractivity contribution in [2.24, 2.45) is 0 Å². The molecular formula is C14H16N2O4. The van der Waals surface area contributed by atoms with Crippen molar-refractivity contribution in [3.8, 4) is 11.5 Å². The third-order valence-electron chi connectivity index (χ3n) is 2.57. The number of nitrogen functional groups attached to an aromatic ring is 1. The number of nitrogens with two attached hydrogens (primary N) is 1. The topological polar surface area (TPSA) is 86.7 Å². The van der Waals surface area contributed by atoms with E-state index in [-0.39, 0.29) is 17.6 Å². The zero-order chi connectivity index (χ0) is 14.4. The highest BCUT2D eigenvalue weighted by Gasteiger charge is 2.08. The van der Waals surface area contributed by atoms with Crippen molar-refractivity contribution in [1.29, 1.82) is 0 Å². The number of benzene rings is 1. The van der Waals surface area contributed by atoms with Gasteiger partial charge in [0.25, 0.3) is 5.91 Å². The molecule has 20 heavy (non-hydrogen) atoms. The Morgan fingerprint density at radius 3 is 2.50 bits per heavy atom. The van der Waals surface area contributed by atoms with Crippen LogP contribution in [-0.2, 0) is 0 Å². The molecule has 0 radical (unpaired) electrons. The van der Waals surface area contributed by atoms with Gasteiger partial charge in [-0.3, -0.25) is 4.79 Å². The molecule has 1 aromatic carbocycles. The van der Waals surface area contributed by atoms with Gasteiger partial charge in [-0.25, -0.2) is 0 Å². The van der Waals surface area contributed by atoms with Crippen molar-refractivity contribution in [2.75, 3.05) is 26.0 Å². The van der Waals surface area contributed by atoms with E-state index >= 15 is 0 Å². The minimum Gasteiger partial charge on any atom is -0.497 e. The van der Waals surface area contributed by atoms with Gasteiger partial charge in [0.2, 0.25) is 0 Å². The summed E-state index contributed by atoms with van der Waals surface area (Å²) in [6.07, 6.45) is 0. The van der Waals surface area contributed by atoms with Crippen LogP contribution in [-0.4, -0.2) is 26.2 Å². The number of methoxy groups -OCH3 is 1. The van der Waals surface area contributed by atoms with Crippen LogP contribution in [0.1, 0.15) is 10.6 Å². The number of hydrogen-bond acceptors (Lipinski definition) is 5. The fourth-order valence-corrected chi connectivity index (χ4v) is 1.57. The first kappa shape index (κ1) is 13.8. The zero-order valence-corrected chi connectivity index (χ0v) is 11.1. The Hall–Kier alpha value is -2.63. The number of carbonyl (C=O) groups excluding carboxylic acids is 1. The summed E-state index contributed by atoms with van der Waals surface area (Å²) in [5.74, 6) is 1.56. The average molecular weight is 276 g/mol. The van der Waals surface area contributed by atoms with Gasteiger partial charge in [0.15, 0.2) is 11.6 Å². The quantitative estimate of drug-likeness (QED) is 0.784. The Morgan fingerprint density at radius 2 is 1.90 bits per heavy atom. The summed E-state index contributed by atoms with van der Waals surface area (Å²) in [7, 11) is 1.60. The van der Waals surface area contributed by atoms with Crippen LogP contribution in [0.15, 0.2) is 40.8 Å². The molecule has 0 saturated carbocycles. The van der Waals surface area contributed by atoms with Crippen LogP contribution in [0.25, 0.3) is 0 Å². The summed E-state index contributed by atoms with van der Waals surface area (Å²) in [5, 5.41) is 2.67. The summed E-state index contributed by atoms with van der Waals surface area (Å²) < 4.78 is 15.5. The first-order valence-corrected chi connectivity index (χ1v) is 6.09. The Kier molecular flexibility index (Phi) is 4.49. The van der Waals surface area contributed by atoms with Crippen LogP contribution in [0.3, 0.4) is 0 Å². The maximum absolute atomic E-state index is 11.6. The predicted octanol–water partition coefficient (Wildman–Crippen LogP) is 1.68. The van der Waals surface area contributed by atoms with Crippen molar-refractivity contribution in [3.05, 3.63) is 42.2 Å². The molecule has 2 rings (SSSR count). The number of ether oxygens (including phenoxy) is 2. The molecule has 0 bridgehead atoms. The first-order valence-electron chi connectivity index (χ1n) is 6.09. The molecule has 0 spiro atoms. The summed E-state index contributed by atoms with van der Waals surface area (Å²) in [5.41, 5.74) is 5.39. The maximum atomic E-state index is 11.6. The lowest BCUT2D eigenvalue weighted by Gasteiger charge is -2.07. The maximum Gasteiger partial charge on any atom is 0.287 e. The number of furan rings is 1. The summed E-state index contributed by atoms with van der Waals surface area (Å²) in [4.78, 5) is 11.6. The van der Waals surface area contributed by atoms with Gasteiger partial charge in [-0.1, -0.05) is 0 Å². The summed E-state index contributed by atoms with van der Waals surface area (Å²) in [6, 6.07) is 10.3. The molecule has 0 aliphatic carbocycles. The Morgan fingerprint density at radius 1 is 1.20 bits per heavy atom. The average Bonchev–Trinajstić information content (AvgIpc) is 2.91. The van der Waals surface area contributed by atoms with Gasteiger partial charge in [-0.2, -0.15) is 0 Å². The SMILES string of the molecule is COc1ccc(OCCNC(=O)c2ccc(N)o2)cc1. The normalized spacial score (nSPS) is 10.1. The van der Waals surface area contributed by atoms with E-state index in [1.54, 1.807) is 31.4 Å². The minimum absolute atomic E-state index is 0.187. The molecule has 2 aromatic rings. The van der Waals surface area contributed by atoms with Crippen molar-refractivity contribution in [3.63, 3.8) is 0 Å². The van der Waals surface area contributed by atoms with Crippen LogP contribution in [0.2, 0.25) is 0 Å². The lowest BCUT2D eigenvalue weighted by Crippen LogP contribution is -2.27. The minimum atomic E-state index is -0.319. The Balaban J connectivity index is 1.72. The number of rotatable bonds is 6. The van der Waals surface area contributed by atoms with E-state index in [0.29, 0.717) is 18.9 Å². The van der Waals surface area contributed by atoms with E-state index in [1.165, 1.54) is 12.1 Å². The van der Waals surface area contributed by atoms with Gasteiger partial charge in [0.1, 0.15) is 18.1 Å². The molecule has 0 saturated heterocycles. The number of anilines is 1. The second-order valence-corrected chi connectivity index (χ2v) is 3.98. The van der Waals surface area contributed by atoms with E-state index in [0.717, 1.165) is 5.75 Å². The van der Waals surface area contributed by atoms with E-state index in [4.69, 9.17) is 19.6 Å². The van der Waals surface area contributed by atoms with Gasteiger partial charge in [-0.15, -0.1) is 0 Å². The highest BCUT2D eigenvalue weighted by atomic mass is 16.5. The highest BCUT2D eigenvalue weighted by Crippen LogP contribution is 2.16. The zero-order valence-electron chi connectivity index (χ0n) is 11.1. The van der Waals surface area contributed by atoms with E-state index in [1.807, 2.05) is 0 Å². The number of amides is 1. The lowest BCUT2D eigenvalue weighted by molar-refractivity contribution is 0.0920. The van der Waals surface area contributed by atoms with E-state index in [2.05, 4.69) is 5.32 Å². The van der Waals surface area contributed by atoms with Crippen LogP contribution < -0.4 is 20.5 Å². The molecule has 0 aliphatic heterocycles. The third-order valence-corrected chi connectivity index (χ3v) is 2.57. The van der Waals surface area contributed by atoms with E-state index < -0.39 is 0 Å². The van der Waals surface area contributed by atoms with Crippen LogP contribution in [0, 0.1) is 0 Å². The third kappa shape index (κ3) is 3.68. The molecule has 0 fully saturated rings. The number of hydrogen-bond donors (Lipinski definition) is 2. The fourth-order valence-electron chi connectivity index (χ4n) is 1.57. The van der Waals surface area contributed by atoms with Gasteiger partial charge in [0, 0.05) is 6.07 Å². The van der Waals surface area contributed by atoms with Crippen LogP contribution in [0.5, 0.6) is 11.5 Å². The van der Waals surface area contributed by atoms with Crippen molar-refractivity contribution in [1.82, 2.24) is 5.32 Å². The largest absolute Gasteiger partial charge is 0.497 e. The molecule has 106 valence electrons. The summed E-state index contributed by atoms with van der Waals surface area (Å²) in [6.45, 7) is 0.722. The van der Waals surface area contributed by atoms with Crippen LogP contribution in [0.4, 0.5) is 5.88 Å². The van der Waals surface area contributed by atoms with Crippen molar-refractivity contribution < 1.29 is 18.7 Å². The second kappa shape index (κ2) is 6.51. The molecule has 3 N–H and O–H groups in total. The summed E-state index contributed by atoms with van der Waals surface area (Å²) >= 11 is 0. The molecule has 6 nitrogen and oxygen atoms in total. The molecule has 1 heterocycles. The molecule has 6 heteroatoms. The van der Waals surface area contributed by atoms with Crippen molar-refractivity contribution >= 4 is 11.8 Å². The van der Waals surface area contributed by atoms with Gasteiger partial charge in [-0.05, 0) is 30.3 Å². The second-order valence-electron chi connectivity index (χ2n) is 3.98. The molecule has 1 amide bonds. The fraction of sp³-hybridized carbons (Fsp3) is 0.214. The first-order chi connectivity index (χ1) is 9.69. The predicted molar refractivity (Wildman–Crippen MR) is 73.9 cm³/mol. The Labute approximate surface area is 116 Å².